The Labute approximate surface area is 425 Å². The first kappa shape index (κ1) is 66.5. The Morgan fingerprint density at radius 2 is 0.826 bits per heavy atom. The summed E-state index contributed by atoms with van der Waals surface area (Å²) >= 11 is 0. The van der Waals surface area contributed by atoms with Gasteiger partial charge in [0.25, 0.3) is 0 Å². The Bertz CT molecular complexity index is 1400. The van der Waals surface area contributed by atoms with Crippen molar-refractivity contribution < 1.29 is 42.1 Å². The van der Waals surface area contributed by atoms with E-state index in [1.807, 2.05) is 21.1 Å². The molecule has 2 unspecified atom stereocenters. The third-order valence-electron chi connectivity index (χ3n) is 12.0. The lowest BCUT2D eigenvalue weighted by Gasteiger charge is -2.24. The van der Waals surface area contributed by atoms with Gasteiger partial charge < -0.3 is 18.9 Å². The predicted molar refractivity (Wildman–Crippen MR) is 293 cm³/mol. The summed E-state index contributed by atoms with van der Waals surface area (Å²) < 4.78 is 34.4. The highest BCUT2D eigenvalue weighted by molar-refractivity contribution is 7.47. The molecule has 0 fully saturated rings. The highest BCUT2D eigenvalue weighted by atomic mass is 31.2. The number of rotatable bonds is 51. The molecule has 0 rings (SSSR count). The fourth-order valence-electron chi connectivity index (χ4n) is 7.63. The van der Waals surface area contributed by atoms with Crippen molar-refractivity contribution in [2.75, 3.05) is 47.5 Å². The van der Waals surface area contributed by atoms with Gasteiger partial charge in [-0.25, -0.2) is 4.57 Å². The molecular formula is C59H107NO8P+. The number of quaternary nitrogens is 1. The van der Waals surface area contributed by atoms with Gasteiger partial charge in [-0.1, -0.05) is 222 Å². The average Bonchev–Trinajstić information content (AvgIpc) is 3.31. The van der Waals surface area contributed by atoms with Crippen LogP contribution in [0.25, 0.3) is 0 Å². The first-order chi connectivity index (χ1) is 33.5. The van der Waals surface area contributed by atoms with Crippen LogP contribution in [0.2, 0.25) is 0 Å². The monoisotopic (exact) mass is 989 g/mol. The molecule has 0 aromatic heterocycles. The molecule has 0 aliphatic heterocycles. The Kier molecular flexibility index (Phi) is 48.5. The van der Waals surface area contributed by atoms with Crippen molar-refractivity contribution in [1.29, 1.82) is 0 Å². The van der Waals surface area contributed by atoms with E-state index in [0.717, 1.165) is 89.9 Å². The minimum atomic E-state index is -4.38. The molecule has 0 aliphatic rings. The molecule has 0 aromatic rings. The Morgan fingerprint density at radius 1 is 0.464 bits per heavy atom. The van der Waals surface area contributed by atoms with Gasteiger partial charge in [0, 0.05) is 12.8 Å². The van der Waals surface area contributed by atoms with E-state index < -0.39 is 26.5 Å². The largest absolute Gasteiger partial charge is 0.472 e. The number of hydrogen-bond acceptors (Lipinski definition) is 7. The molecule has 0 radical (unpaired) electrons. The zero-order valence-corrected chi connectivity index (χ0v) is 46.2. The molecule has 1 N–H and O–H groups in total. The van der Waals surface area contributed by atoms with Gasteiger partial charge >= 0.3 is 19.8 Å². The third kappa shape index (κ3) is 54.6. The maximum atomic E-state index is 12.8. The zero-order valence-electron chi connectivity index (χ0n) is 45.3. The van der Waals surface area contributed by atoms with Crippen molar-refractivity contribution in [3.05, 3.63) is 72.9 Å². The molecule has 400 valence electrons. The van der Waals surface area contributed by atoms with Crippen molar-refractivity contribution in [3.8, 4) is 0 Å². The average molecular weight is 989 g/mol. The minimum absolute atomic E-state index is 0.0298. The molecule has 0 saturated heterocycles. The van der Waals surface area contributed by atoms with Gasteiger partial charge in [0.05, 0.1) is 27.7 Å². The van der Waals surface area contributed by atoms with Crippen molar-refractivity contribution in [2.24, 2.45) is 0 Å². The Balaban J connectivity index is 3.95. The Hall–Kier alpha value is -2.55. The van der Waals surface area contributed by atoms with E-state index in [4.69, 9.17) is 18.5 Å². The summed E-state index contributed by atoms with van der Waals surface area (Å²) in [7, 11) is 1.47. The lowest BCUT2D eigenvalue weighted by atomic mass is 10.0. The van der Waals surface area contributed by atoms with Gasteiger partial charge in [-0.15, -0.1) is 0 Å². The van der Waals surface area contributed by atoms with Crippen LogP contribution in [0.5, 0.6) is 0 Å². The number of allylic oxidation sites excluding steroid dienone is 12. The first-order valence-corrected chi connectivity index (χ1v) is 29.7. The molecule has 0 saturated carbocycles. The van der Waals surface area contributed by atoms with Gasteiger partial charge in [0.2, 0.25) is 0 Å². The van der Waals surface area contributed by atoms with Crippen molar-refractivity contribution in [3.63, 3.8) is 0 Å². The van der Waals surface area contributed by atoms with Crippen molar-refractivity contribution in [2.45, 2.75) is 245 Å². The van der Waals surface area contributed by atoms with Crippen LogP contribution < -0.4 is 0 Å². The lowest BCUT2D eigenvalue weighted by molar-refractivity contribution is -0.870. The summed E-state index contributed by atoms with van der Waals surface area (Å²) in [6.07, 6.45) is 65.7. The van der Waals surface area contributed by atoms with Crippen molar-refractivity contribution >= 4 is 19.8 Å². The number of phosphoric ester groups is 1. The summed E-state index contributed by atoms with van der Waals surface area (Å²) in [6, 6.07) is 0. The lowest BCUT2D eigenvalue weighted by Crippen LogP contribution is -2.37. The summed E-state index contributed by atoms with van der Waals surface area (Å²) in [5.41, 5.74) is 0. The number of carbonyl (C=O) groups is 2. The van der Waals surface area contributed by atoms with E-state index >= 15 is 0 Å². The van der Waals surface area contributed by atoms with E-state index in [1.54, 1.807) is 0 Å². The maximum absolute atomic E-state index is 12.8. The van der Waals surface area contributed by atoms with E-state index in [1.165, 1.54) is 116 Å². The molecule has 0 aromatic carbocycles. The second-order valence-corrected chi connectivity index (χ2v) is 21.4. The Morgan fingerprint density at radius 3 is 1.25 bits per heavy atom. The fourth-order valence-corrected chi connectivity index (χ4v) is 8.37. The topological polar surface area (TPSA) is 108 Å². The summed E-state index contributed by atoms with van der Waals surface area (Å²) in [6.45, 7) is 4.25. The van der Waals surface area contributed by atoms with Crippen LogP contribution in [0.3, 0.4) is 0 Å². The standard InChI is InChI=1S/C59H106NO8P/c1-6-8-10-12-14-16-18-19-20-21-22-23-24-25-26-27-28-29-30-31-32-33-34-35-36-37-38-39-40-41-42-44-46-48-50-52-59(62)68-57(56-67-69(63,64)66-54-53-60(3,4)5)55-65-58(61)51-49-47-45-43-17-15-13-11-9-7-2/h8,10-11,13-14,16,19-20,22-23,25-26,57H,6-7,9,12,15,17-18,21,24,27-56H2,1-5H3/p+1/b10-8-,13-11-,16-14-,20-19-,23-22-,26-25-. The van der Waals surface area contributed by atoms with Gasteiger partial charge in [-0.3, -0.25) is 18.6 Å². The highest BCUT2D eigenvalue weighted by Gasteiger charge is 2.27. The van der Waals surface area contributed by atoms with Gasteiger partial charge in [0.15, 0.2) is 6.10 Å². The van der Waals surface area contributed by atoms with Crippen LogP contribution in [-0.4, -0.2) is 74.9 Å². The third-order valence-corrected chi connectivity index (χ3v) is 12.9. The number of carbonyl (C=O) groups excluding carboxylic acids is 2. The molecule has 69 heavy (non-hydrogen) atoms. The quantitative estimate of drug-likeness (QED) is 0.0211. The smallest absolute Gasteiger partial charge is 0.462 e. The predicted octanol–water partition coefficient (Wildman–Crippen LogP) is 17.3. The molecular weight excluding hydrogens is 882 g/mol. The molecule has 2 atom stereocenters. The second-order valence-electron chi connectivity index (χ2n) is 19.9. The number of nitrogens with zero attached hydrogens (tertiary/aromatic N) is 1. The summed E-state index contributed by atoms with van der Waals surface area (Å²) in [4.78, 5) is 35.5. The van der Waals surface area contributed by atoms with Gasteiger partial charge in [-0.2, -0.15) is 0 Å². The number of esters is 2. The highest BCUT2D eigenvalue weighted by Crippen LogP contribution is 2.43. The number of unbranched alkanes of at least 4 members (excludes halogenated alkanes) is 25. The second kappa shape index (κ2) is 50.4. The van der Waals surface area contributed by atoms with Crippen LogP contribution in [-0.2, 0) is 32.7 Å². The van der Waals surface area contributed by atoms with E-state index in [0.29, 0.717) is 17.4 Å². The van der Waals surface area contributed by atoms with Gasteiger partial charge in [-0.05, 0) is 77.0 Å². The number of likely N-dealkylation sites (N-methyl/N-ethyl adjacent to an activating group) is 1. The number of ether oxygens (including phenoxy) is 2. The molecule has 0 spiro atoms. The van der Waals surface area contributed by atoms with E-state index in [2.05, 4.69) is 86.8 Å². The normalized spacial score (nSPS) is 13.9. The van der Waals surface area contributed by atoms with Crippen LogP contribution in [0.1, 0.15) is 239 Å². The molecule has 9 nitrogen and oxygen atoms in total. The molecule has 0 heterocycles. The van der Waals surface area contributed by atoms with Crippen molar-refractivity contribution in [1.82, 2.24) is 0 Å². The van der Waals surface area contributed by atoms with E-state index in [9.17, 15) is 19.0 Å². The maximum Gasteiger partial charge on any atom is 0.472 e. The molecule has 0 amide bonds. The SMILES string of the molecule is CC/C=C\C/C=C\C/C=C\C/C=C\C/C=C\CCCCCCCCCCCCCCCCCCCCCC(=O)OC(COC(=O)CCCCCCC/C=C\CCC)COP(=O)(O)OCC[N+](C)(C)C. The van der Waals surface area contributed by atoms with Crippen LogP contribution in [0.15, 0.2) is 72.9 Å². The van der Waals surface area contributed by atoms with E-state index in [-0.39, 0.29) is 32.0 Å². The number of phosphoric acid groups is 1. The van der Waals surface area contributed by atoms with Crippen LogP contribution >= 0.6 is 7.82 Å². The van der Waals surface area contributed by atoms with Crippen LogP contribution in [0, 0.1) is 0 Å². The summed E-state index contributed by atoms with van der Waals surface area (Å²) in [5.74, 6) is -0.806. The molecule has 0 bridgehead atoms. The number of hydrogen-bond donors (Lipinski definition) is 1. The van der Waals surface area contributed by atoms with Gasteiger partial charge in [0.1, 0.15) is 19.8 Å². The first-order valence-electron chi connectivity index (χ1n) is 28.2. The van der Waals surface area contributed by atoms with Crippen LogP contribution in [0.4, 0.5) is 0 Å². The minimum Gasteiger partial charge on any atom is -0.462 e. The molecule has 0 aliphatic carbocycles. The fraction of sp³-hybridized carbons (Fsp3) is 0.763. The summed E-state index contributed by atoms with van der Waals surface area (Å²) in [5, 5.41) is 0. The zero-order chi connectivity index (χ0) is 50.6. The molecule has 10 heteroatoms.